The predicted octanol–water partition coefficient (Wildman–Crippen LogP) is 3.91. The van der Waals surface area contributed by atoms with Crippen LogP contribution in [0.25, 0.3) is 0 Å². The standard InChI is InChI=1S/C14H13BrN2O4/c1-8-5-10(15)6-13(17(19)20)14(8)21-11-3-4-12(9(2)18)16-7-11/h3-7,9,18H,1-2H3. The van der Waals surface area contributed by atoms with Gasteiger partial charge in [-0.3, -0.25) is 15.1 Å². The zero-order valence-corrected chi connectivity index (χ0v) is 13.0. The van der Waals surface area contributed by atoms with Crippen molar-refractivity contribution in [3.8, 4) is 11.5 Å². The molecule has 0 fully saturated rings. The average molecular weight is 353 g/mol. The van der Waals surface area contributed by atoms with Crippen LogP contribution < -0.4 is 4.74 Å². The number of halogens is 1. The second kappa shape index (κ2) is 6.19. The first-order valence-electron chi connectivity index (χ1n) is 6.15. The first-order valence-corrected chi connectivity index (χ1v) is 6.94. The van der Waals surface area contributed by atoms with E-state index in [1.54, 1.807) is 32.0 Å². The number of nitro benzene ring substituents is 1. The van der Waals surface area contributed by atoms with Crippen LogP contribution in [0.3, 0.4) is 0 Å². The normalized spacial score (nSPS) is 12.0. The third-order valence-corrected chi connectivity index (χ3v) is 3.28. The molecule has 110 valence electrons. The monoisotopic (exact) mass is 352 g/mol. The molecule has 0 bridgehead atoms. The SMILES string of the molecule is Cc1cc(Br)cc([N+](=O)[O-])c1Oc1ccc(C(C)O)nc1. The summed E-state index contributed by atoms with van der Waals surface area (Å²) >= 11 is 3.23. The van der Waals surface area contributed by atoms with E-state index in [4.69, 9.17) is 4.74 Å². The summed E-state index contributed by atoms with van der Waals surface area (Å²) in [6.07, 6.45) is 0.746. The molecule has 0 saturated heterocycles. The molecule has 1 N–H and O–H groups in total. The summed E-state index contributed by atoms with van der Waals surface area (Å²) < 4.78 is 6.20. The van der Waals surface area contributed by atoms with Crippen molar-refractivity contribution in [2.75, 3.05) is 0 Å². The molecular formula is C14H13BrN2O4. The van der Waals surface area contributed by atoms with Crippen molar-refractivity contribution in [3.05, 3.63) is 56.3 Å². The fourth-order valence-corrected chi connectivity index (χ4v) is 2.36. The summed E-state index contributed by atoms with van der Waals surface area (Å²) in [4.78, 5) is 14.7. The number of nitro groups is 1. The maximum Gasteiger partial charge on any atom is 0.312 e. The van der Waals surface area contributed by atoms with Crippen molar-refractivity contribution in [2.24, 2.45) is 0 Å². The molecule has 0 spiro atoms. The number of hydrogen-bond donors (Lipinski definition) is 1. The fourth-order valence-electron chi connectivity index (χ4n) is 1.80. The summed E-state index contributed by atoms with van der Waals surface area (Å²) in [5, 5.41) is 20.5. The molecule has 0 amide bonds. The maximum atomic E-state index is 11.1. The second-order valence-corrected chi connectivity index (χ2v) is 5.44. The molecule has 1 atom stereocenters. The Labute approximate surface area is 129 Å². The molecule has 1 aromatic heterocycles. The van der Waals surface area contributed by atoms with E-state index < -0.39 is 11.0 Å². The number of ether oxygens (including phenoxy) is 1. The number of nitrogens with zero attached hydrogens (tertiary/aromatic N) is 2. The van der Waals surface area contributed by atoms with Gasteiger partial charge in [0, 0.05) is 10.5 Å². The lowest BCUT2D eigenvalue weighted by Gasteiger charge is -2.10. The number of aliphatic hydroxyl groups is 1. The van der Waals surface area contributed by atoms with Gasteiger partial charge < -0.3 is 9.84 Å². The summed E-state index contributed by atoms with van der Waals surface area (Å²) in [7, 11) is 0. The molecule has 21 heavy (non-hydrogen) atoms. The Morgan fingerprint density at radius 2 is 2.14 bits per heavy atom. The summed E-state index contributed by atoms with van der Waals surface area (Å²) in [5.74, 6) is 0.544. The molecule has 0 aliphatic carbocycles. The van der Waals surface area contributed by atoms with Gasteiger partial charge in [-0.1, -0.05) is 15.9 Å². The number of aryl methyl sites for hydroxylation is 1. The molecule has 1 aromatic carbocycles. The molecule has 0 saturated carbocycles. The van der Waals surface area contributed by atoms with Gasteiger partial charge in [0.15, 0.2) is 0 Å². The molecule has 1 heterocycles. The van der Waals surface area contributed by atoms with Crippen molar-refractivity contribution in [1.82, 2.24) is 4.98 Å². The number of pyridine rings is 1. The quantitative estimate of drug-likeness (QED) is 0.665. The highest BCUT2D eigenvalue weighted by molar-refractivity contribution is 9.10. The first-order chi connectivity index (χ1) is 9.88. The van der Waals surface area contributed by atoms with E-state index in [2.05, 4.69) is 20.9 Å². The van der Waals surface area contributed by atoms with E-state index in [0.717, 1.165) is 0 Å². The van der Waals surface area contributed by atoms with Gasteiger partial charge in [-0.25, -0.2) is 0 Å². The molecule has 1 unspecified atom stereocenters. The molecule has 2 rings (SSSR count). The fraction of sp³-hybridized carbons (Fsp3) is 0.214. The average Bonchev–Trinajstić information content (AvgIpc) is 2.41. The highest BCUT2D eigenvalue weighted by atomic mass is 79.9. The minimum Gasteiger partial charge on any atom is -0.448 e. The van der Waals surface area contributed by atoms with E-state index in [-0.39, 0.29) is 11.4 Å². The van der Waals surface area contributed by atoms with Crippen LogP contribution in [0.5, 0.6) is 11.5 Å². The van der Waals surface area contributed by atoms with Crippen LogP contribution in [0.4, 0.5) is 5.69 Å². The largest absolute Gasteiger partial charge is 0.448 e. The highest BCUT2D eigenvalue weighted by Gasteiger charge is 2.19. The van der Waals surface area contributed by atoms with Crippen molar-refractivity contribution in [1.29, 1.82) is 0 Å². The summed E-state index contributed by atoms with van der Waals surface area (Å²) in [6.45, 7) is 3.33. The minimum atomic E-state index is -0.678. The van der Waals surface area contributed by atoms with Crippen molar-refractivity contribution in [2.45, 2.75) is 20.0 Å². The molecule has 0 aliphatic rings. The Hall–Kier alpha value is -1.99. The second-order valence-electron chi connectivity index (χ2n) is 4.52. The number of aliphatic hydroxyl groups excluding tert-OH is 1. The molecular weight excluding hydrogens is 340 g/mol. The minimum absolute atomic E-state index is 0.124. The Morgan fingerprint density at radius 1 is 1.43 bits per heavy atom. The lowest BCUT2D eigenvalue weighted by atomic mass is 10.2. The van der Waals surface area contributed by atoms with Gasteiger partial charge in [0.25, 0.3) is 0 Å². The Kier molecular flexibility index (Phi) is 4.54. The van der Waals surface area contributed by atoms with E-state index in [1.165, 1.54) is 12.3 Å². The van der Waals surface area contributed by atoms with E-state index >= 15 is 0 Å². The molecule has 2 aromatic rings. The molecule has 7 heteroatoms. The number of benzene rings is 1. The van der Waals surface area contributed by atoms with Crippen LogP contribution >= 0.6 is 15.9 Å². The molecule has 0 aliphatic heterocycles. The Bertz CT molecular complexity index is 671. The lowest BCUT2D eigenvalue weighted by molar-refractivity contribution is -0.385. The number of rotatable bonds is 4. The van der Waals surface area contributed by atoms with Gasteiger partial charge >= 0.3 is 5.69 Å². The van der Waals surface area contributed by atoms with E-state index in [9.17, 15) is 15.2 Å². The molecule has 6 nitrogen and oxygen atoms in total. The van der Waals surface area contributed by atoms with Gasteiger partial charge in [0.05, 0.1) is 22.9 Å². The van der Waals surface area contributed by atoms with Crippen LogP contribution in [0.1, 0.15) is 24.3 Å². The van der Waals surface area contributed by atoms with Crippen LogP contribution in [0, 0.1) is 17.0 Å². The number of aromatic nitrogens is 1. The molecule has 0 radical (unpaired) electrons. The summed E-state index contributed by atoms with van der Waals surface area (Å²) in [5.41, 5.74) is 1.02. The van der Waals surface area contributed by atoms with Crippen molar-refractivity contribution < 1.29 is 14.8 Å². The maximum absolute atomic E-state index is 11.1. The van der Waals surface area contributed by atoms with Crippen LogP contribution in [-0.2, 0) is 0 Å². The van der Waals surface area contributed by atoms with Crippen molar-refractivity contribution in [3.63, 3.8) is 0 Å². The third-order valence-electron chi connectivity index (χ3n) is 2.82. The topological polar surface area (TPSA) is 85.5 Å². The van der Waals surface area contributed by atoms with Crippen LogP contribution in [0.2, 0.25) is 0 Å². The zero-order chi connectivity index (χ0) is 15.6. The third kappa shape index (κ3) is 3.56. The first kappa shape index (κ1) is 15.4. The van der Waals surface area contributed by atoms with Gasteiger partial charge in [-0.15, -0.1) is 0 Å². The Morgan fingerprint density at radius 3 is 2.67 bits per heavy atom. The zero-order valence-electron chi connectivity index (χ0n) is 11.4. The smallest absolute Gasteiger partial charge is 0.312 e. The number of hydrogen-bond acceptors (Lipinski definition) is 5. The van der Waals surface area contributed by atoms with Gasteiger partial charge in [0.2, 0.25) is 5.75 Å². The van der Waals surface area contributed by atoms with Crippen molar-refractivity contribution >= 4 is 21.6 Å². The van der Waals surface area contributed by atoms with E-state index in [0.29, 0.717) is 21.5 Å². The van der Waals surface area contributed by atoms with Gasteiger partial charge in [-0.2, -0.15) is 0 Å². The summed E-state index contributed by atoms with van der Waals surface area (Å²) in [6, 6.07) is 6.35. The van der Waals surface area contributed by atoms with E-state index in [1.807, 2.05) is 0 Å². The lowest BCUT2D eigenvalue weighted by Crippen LogP contribution is -1.98. The van der Waals surface area contributed by atoms with Crippen LogP contribution in [0.15, 0.2) is 34.9 Å². The predicted molar refractivity (Wildman–Crippen MR) is 80.5 cm³/mol. The van der Waals surface area contributed by atoms with Gasteiger partial charge in [-0.05, 0) is 37.6 Å². The van der Waals surface area contributed by atoms with Crippen LogP contribution in [-0.4, -0.2) is 15.0 Å². The highest BCUT2D eigenvalue weighted by Crippen LogP contribution is 2.37. The van der Waals surface area contributed by atoms with Gasteiger partial charge in [0.1, 0.15) is 5.75 Å². The Balaban J connectivity index is 2.37.